The summed E-state index contributed by atoms with van der Waals surface area (Å²) in [5.74, 6) is -0.220. The molecular weight excluding hydrogens is 284 g/mol. The zero-order chi connectivity index (χ0) is 12.3. The van der Waals surface area contributed by atoms with E-state index in [2.05, 4.69) is 26.2 Å². The predicted octanol–water partition coefficient (Wildman–Crippen LogP) is 1.88. The van der Waals surface area contributed by atoms with Gasteiger partial charge in [0.2, 0.25) is 0 Å². The molecule has 0 bridgehead atoms. The second-order valence-electron chi connectivity index (χ2n) is 4.45. The number of carbonyl (C=O) groups excluding carboxylic acids is 1. The fourth-order valence-corrected chi connectivity index (χ4v) is 2.56. The van der Waals surface area contributed by atoms with Crippen molar-refractivity contribution in [2.24, 2.45) is 0 Å². The van der Waals surface area contributed by atoms with E-state index in [0.29, 0.717) is 10.3 Å². The molecule has 0 unspecified atom stereocenters. The van der Waals surface area contributed by atoms with E-state index in [-0.39, 0.29) is 12.5 Å². The Labute approximate surface area is 109 Å². The number of hydrogen-bond acceptors (Lipinski definition) is 3. The number of aliphatic hydroxyl groups is 1. The Kier molecular flexibility index (Phi) is 3.79. The van der Waals surface area contributed by atoms with E-state index in [1.165, 1.54) is 0 Å². The second kappa shape index (κ2) is 5.14. The number of nitrogens with one attached hydrogen (secondary N) is 1. The molecular formula is C12H15BrN2O2. The van der Waals surface area contributed by atoms with Gasteiger partial charge in [-0.25, -0.2) is 4.98 Å². The summed E-state index contributed by atoms with van der Waals surface area (Å²) >= 11 is 3.23. The van der Waals surface area contributed by atoms with Crippen LogP contribution in [0.5, 0.6) is 0 Å². The van der Waals surface area contributed by atoms with Crippen molar-refractivity contribution in [2.45, 2.75) is 31.2 Å². The molecule has 0 spiro atoms. The molecule has 0 aliphatic heterocycles. The third kappa shape index (κ3) is 2.84. The minimum atomic E-state index is -0.443. The number of aromatic nitrogens is 1. The molecule has 17 heavy (non-hydrogen) atoms. The van der Waals surface area contributed by atoms with Crippen molar-refractivity contribution in [1.82, 2.24) is 10.3 Å². The van der Waals surface area contributed by atoms with E-state index in [1.807, 2.05) is 0 Å². The van der Waals surface area contributed by atoms with Crippen LogP contribution < -0.4 is 5.32 Å². The van der Waals surface area contributed by atoms with Gasteiger partial charge in [0.25, 0.3) is 5.91 Å². The summed E-state index contributed by atoms with van der Waals surface area (Å²) in [6.45, 7) is -0.00720. The minimum absolute atomic E-state index is 0.00720. The number of nitrogens with zero attached hydrogens (tertiary/aromatic N) is 1. The van der Waals surface area contributed by atoms with Crippen molar-refractivity contribution in [2.75, 3.05) is 6.61 Å². The summed E-state index contributed by atoms with van der Waals surface area (Å²) in [4.78, 5) is 16.1. The number of pyridine rings is 1. The normalized spacial score (nSPS) is 18.0. The van der Waals surface area contributed by atoms with Crippen LogP contribution in [0.1, 0.15) is 36.2 Å². The zero-order valence-corrected chi connectivity index (χ0v) is 11.0. The highest BCUT2D eigenvalue weighted by Gasteiger charge is 2.35. The topological polar surface area (TPSA) is 62.2 Å². The second-order valence-corrected chi connectivity index (χ2v) is 5.26. The quantitative estimate of drug-likeness (QED) is 0.838. The maximum atomic E-state index is 12.0. The van der Waals surface area contributed by atoms with Gasteiger partial charge < -0.3 is 10.4 Å². The molecule has 1 aromatic heterocycles. The van der Waals surface area contributed by atoms with Crippen LogP contribution in [0.4, 0.5) is 0 Å². The standard InChI is InChI=1S/C12H15BrN2O2/c13-10-5-3-4-9(14-10)11(17)15-12(8-16)6-1-2-7-12/h3-5,16H,1-2,6-8H2,(H,15,17). The van der Waals surface area contributed by atoms with Crippen LogP contribution >= 0.6 is 15.9 Å². The molecule has 1 saturated carbocycles. The van der Waals surface area contributed by atoms with Gasteiger partial charge in [0.1, 0.15) is 10.3 Å². The van der Waals surface area contributed by atoms with Crippen LogP contribution in [0.15, 0.2) is 22.8 Å². The lowest BCUT2D eigenvalue weighted by Crippen LogP contribution is -2.49. The molecule has 2 rings (SSSR count). The van der Waals surface area contributed by atoms with Gasteiger partial charge in [0.15, 0.2) is 0 Å². The van der Waals surface area contributed by atoms with Gasteiger partial charge in [-0.15, -0.1) is 0 Å². The van der Waals surface area contributed by atoms with Crippen LogP contribution in [0.2, 0.25) is 0 Å². The molecule has 0 radical (unpaired) electrons. The summed E-state index contributed by atoms with van der Waals surface area (Å²) in [6, 6.07) is 5.21. The fraction of sp³-hybridized carbons (Fsp3) is 0.500. The van der Waals surface area contributed by atoms with Gasteiger partial charge in [-0.2, -0.15) is 0 Å². The lowest BCUT2D eigenvalue weighted by molar-refractivity contribution is 0.0833. The van der Waals surface area contributed by atoms with Crippen LogP contribution in [0, 0.1) is 0 Å². The average Bonchev–Trinajstić information content (AvgIpc) is 2.78. The number of rotatable bonds is 3. The first-order valence-corrected chi connectivity index (χ1v) is 6.50. The van der Waals surface area contributed by atoms with Crippen LogP contribution in [0.3, 0.4) is 0 Å². The first-order valence-electron chi connectivity index (χ1n) is 5.71. The molecule has 4 nitrogen and oxygen atoms in total. The third-order valence-electron chi connectivity index (χ3n) is 3.19. The SMILES string of the molecule is O=C(NC1(CO)CCCC1)c1cccc(Br)n1. The summed E-state index contributed by atoms with van der Waals surface area (Å²) in [6.07, 6.45) is 3.77. The van der Waals surface area contributed by atoms with Gasteiger partial charge in [0.05, 0.1) is 12.1 Å². The van der Waals surface area contributed by atoms with Gasteiger partial charge in [-0.1, -0.05) is 18.9 Å². The van der Waals surface area contributed by atoms with E-state index < -0.39 is 5.54 Å². The van der Waals surface area contributed by atoms with Crippen molar-refractivity contribution in [3.8, 4) is 0 Å². The lowest BCUT2D eigenvalue weighted by Gasteiger charge is -2.27. The molecule has 0 atom stereocenters. The Morgan fingerprint density at radius 1 is 1.47 bits per heavy atom. The van der Waals surface area contributed by atoms with Crippen molar-refractivity contribution in [1.29, 1.82) is 0 Å². The predicted molar refractivity (Wildman–Crippen MR) is 67.7 cm³/mol. The number of halogens is 1. The summed E-state index contributed by atoms with van der Waals surface area (Å²) in [7, 11) is 0. The summed E-state index contributed by atoms with van der Waals surface area (Å²) < 4.78 is 0.634. The van der Waals surface area contributed by atoms with E-state index in [0.717, 1.165) is 25.7 Å². The molecule has 1 amide bonds. The number of carbonyl (C=O) groups is 1. The Bertz CT molecular complexity index is 417. The Morgan fingerprint density at radius 3 is 2.76 bits per heavy atom. The van der Waals surface area contributed by atoms with Crippen LogP contribution in [0.25, 0.3) is 0 Å². The van der Waals surface area contributed by atoms with E-state index in [4.69, 9.17) is 0 Å². The zero-order valence-electron chi connectivity index (χ0n) is 9.45. The number of amides is 1. The fourth-order valence-electron chi connectivity index (χ4n) is 2.21. The Balaban J connectivity index is 2.11. The molecule has 2 N–H and O–H groups in total. The first-order chi connectivity index (χ1) is 8.15. The van der Waals surface area contributed by atoms with Gasteiger partial charge >= 0.3 is 0 Å². The summed E-state index contributed by atoms with van der Waals surface area (Å²) in [5.41, 5.74) is -0.0692. The summed E-state index contributed by atoms with van der Waals surface area (Å²) in [5, 5.41) is 12.3. The van der Waals surface area contributed by atoms with Gasteiger partial charge in [-0.3, -0.25) is 4.79 Å². The highest BCUT2D eigenvalue weighted by molar-refractivity contribution is 9.10. The van der Waals surface area contributed by atoms with Crippen molar-refractivity contribution >= 4 is 21.8 Å². The molecule has 1 aromatic rings. The van der Waals surface area contributed by atoms with Crippen molar-refractivity contribution in [3.63, 3.8) is 0 Å². The molecule has 5 heteroatoms. The minimum Gasteiger partial charge on any atom is -0.394 e. The Hall–Kier alpha value is -0.940. The molecule has 1 aliphatic carbocycles. The van der Waals surface area contributed by atoms with Crippen molar-refractivity contribution < 1.29 is 9.90 Å². The highest BCUT2D eigenvalue weighted by atomic mass is 79.9. The maximum absolute atomic E-state index is 12.0. The van der Waals surface area contributed by atoms with Gasteiger partial charge in [0, 0.05) is 0 Å². The smallest absolute Gasteiger partial charge is 0.270 e. The number of aliphatic hydroxyl groups excluding tert-OH is 1. The largest absolute Gasteiger partial charge is 0.394 e. The monoisotopic (exact) mass is 298 g/mol. The molecule has 0 aromatic carbocycles. The van der Waals surface area contributed by atoms with Crippen molar-refractivity contribution in [3.05, 3.63) is 28.5 Å². The number of hydrogen-bond donors (Lipinski definition) is 2. The third-order valence-corrected chi connectivity index (χ3v) is 3.63. The molecule has 92 valence electrons. The molecule has 1 aliphatic rings. The average molecular weight is 299 g/mol. The van der Waals surface area contributed by atoms with E-state index in [9.17, 15) is 9.90 Å². The van der Waals surface area contributed by atoms with Crippen LogP contribution in [-0.2, 0) is 0 Å². The van der Waals surface area contributed by atoms with Gasteiger partial charge in [-0.05, 0) is 40.9 Å². The molecule has 1 fully saturated rings. The lowest BCUT2D eigenvalue weighted by atomic mass is 9.99. The van der Waals surface area contributed by atoms with E-state index in [1.54, 1.807) is 18.2 Å². The molecule has 1 heterocycles. The van der Waals surface area contributed by atoms with Crippen LogP contribution in [-0.4, -0.2) is 28.1 Å². The molecule has 0 saturated heterocycles. The highest BCUT2D eigenvalue weighted by Crippen LogP contribution is 2.29. The van der Waals surface area contributed by atoms with E-state index >= 15 is 0 Å². The maximum Gasteiger partial charge on any atom is 0.270 e. The first kappa shape index (κ1) is 12.5. The Morgan fingerprint density at radius 2 is 2.18 bits per heavy atom.